The van der Waals surface area contributed by atoms with Crippen molar-refractivity contribution in [1.29, 1.82) is 0 Å². The molecule has 242 valence electrons. The Hall–Kier alpha value is -5.63. The number of halogens is 2. The van der Waals surface area contributed by atoms with Gasteiger partial charge in [0.05, 0.1) is 34.5 Å². The number of phenols is 1. The predicted octanol–water partition coefficient (Wildman–Crippen LogP) is 9.97. The molecule has 2 N–H and O–H groups in total. The van der Waals surface area contributed by atoms with Crippen molar-refractivity contribution < 1.29 is 9.52 Å². The monoisotopic (exact) mass is 684 g/mol. The molecule has 2 aromatic heterocycles. The maximum absolute atomic E-state index is 12.4. The number of hydrogen-bond acceptors (Lipinski definition) is 7. The van der Waals surface area contributed by atoms with Gasteiger partial charge in [0.1, 0.15) is 17.1 Å². The summed E-state index contributed by atoms with van der Waals surface area (Å²) in [6, 6.07) is 32.2. The van der Waals surface area contributed by atoms with E-state index in [0.29, 0.717) is 35.4 Å². The first-order chi connectivity index (χ1) is 23.7. The summed E-state index contributed by atoms with van der Waals surface area (Å²) in [4.78, 5) is 23.7. The summed E-state index contributed by atoms with van der Waals surface area (Å²) in [5, 5.41) is 14.7. The lowest BCUT2D eigenvalue weighted by Crippen LogP contribution is -2.23. The standard InChI is InChI=1S/C40H30Cl2N4O3/c1-24-17-26(9-14-31(24)40-32-18-34(41)36(47)20-38(32)49-39-21-37(48)35(42)19-33(39)40)25(2)45-27-10-12-30(13-11-27)46(22-28-7-3-5-15-43-28)23-29-8-4-6-16-44-29/h3-21,45,47H,2,22-23H2,1H3. The lowest BCUT2D eigenvalue weighted by Gasteiger charge is -2.24. The van der Waals surface area contributed by atoms with Gasteiger partial charge in [0, 0.05) is 58.1 Å². The van der Waals surface area contributed by atoms with Gasteiger partial charge in [0.2, 0.25) is 5.43 Å². The number of rotatable bonds is 9. The second-order valence-electron chi connectivity index (χ2n) is 11.7. The average molecular weight is 686 g/mol. The Labute approximate surface area is 293 Å². The third-order valence-electron chi connectivity index (χ3n) is 8.37. The maximum atomic E-state index is 12.4. The fourth-order valence-electron chi connectivity index (χ4n) is 5.94. The number of nitrogens with zero attached hydrogens (tertiary/aromatic N) is 3. The molecule has 1 aliphatic carbocycles. The Morgan fingerprint density at radius 1 is 0.837 bits per heavy atom. The number of benzene rings is 4. The van der Waals surface area contributed by atoms with Gasteiger partial charge in [-0.25, -0.2) is 0 Å². The van der Waals surface area contributed by atoms with Crippen LogP contribution in [0.4, 0.5) is 11.4 Å². The molecule has 0 radical (unpaired) electrons. The largest absolute Gasteiger partial charge is 0.506 e. The molecule has 49 heavy (non-hydrogen) atoms. The Kier molecular flexibility index (Phi) is 8.78. The summed E-state index contributed by atoms with van der Waals surface area (Å²) in [6.07, 6.45) is 3.61. The number of aryl methyl sites for hydroxylation is 1. The number of nitrogens with one attached hydrogen (secondary N) is 1. The molecule has 2 aliphatic rings. The van der Waals surface area contributed by atoms with Crippen molar-refractivity contribution in [2.45, 2.75) is 20.0 Å². The zero-order valence-electron chi connectivity index (χ0n) is 26.5. The van der Waals surface area contributed by atoms with Crippen LogP contribution in [-0.2, 0) is 13.1 Å². The first-order valence-electron chi connectivity index (χ1n) is 15.5. The van der Waals surface area contributed by atoms with E-state index >= 15 is 0 Å². The molecule has 0 spiro atoms. The Morgan fingerprint density at radius 2 is 1.53 bits per heavy atom. The van der Waals surface area contributed by atoms with Crippen LogP contribution in [0.5, 0.6) is 5.75 Å². The Bertz CT molecular complexity index is 2300. The minimum atomic E-state index is -0.349. The van der Waals surface area contributed by atoms with Gasteiger partial charge in [-0.05, 0) is 90.3 Å². The van der Waals surface area contributed by atoms with Gasteiger partial charge in [-0.2, -0.15) is 0 Å². The highest BCUT2D eigenvalue weighted by Crippen LogP contribution is 2.44. The molecule has 0 saturated carbocycles. The average Bonchev–Trinajstić information content (AvgIpc) is 3.10. The zero-order valence-corrected chi connectivity index (χ0v) is 28.0. The molecule has 9 heteroatoms. The lowest BCUT2D eigenvalue weighted by molar-refractivity contribution is 0.474. The molecule has 3 aromatic carbocycles. The van der Waals surface area contributed by atoms with Crippen molar-refractivity contribution in [1.82, 2.24) is 9.97 Å². The fourth-order valence-corrected chi connectivity index (χ4v) is 6.26. The van der Waals surface area contributed by atoms with Gasteiger partial charge in [-0.1, -0.05) is 54.0 Å². The minimum absolute atomic E-state index is 0.0858. The highest BCUT2D eigenvalue weighted by molar-refractivity contribution is 6.33. The van der Waals surface area contributed by atoms with Crippen LogP contribution in [0.3, 0.4) is 0 Å². The van der Waals surface area contributed by atoms with Crippen LogP contribution in [-0.4, -0.2) is 15.1 Å². The maximum Gasteiger partial charge on any atom is 0.200 e. The molecule has 0 atom stereocenters. The summed E-state index contributed by atoms with van der Waals surface area (Å²) >= 11 is 12.6. The summed E-state index contributed by atoms with van der Waals surface area (Å²) in [7, 11) is 0. The molecule has 0 saturated heterocycles. The van der Waals surface area contributed by atoms with E-state index in [9.17, 15) is 9.90 Å². The van der Waals surface area contributed by atoms with Gasteiger partial charge in [-0.3, -0.25) is 14.8 Å². The van der Waals surface area contributed by atoms with Crippen molar-refractivity contribution >= 4 is 51.2 Å². The van der Waals surface area contributed by atoms with Crippen LogP contribution in [0.1, 0.15) is 22.5 Å². The van der Waals surface area contributed by atoms with Crippen molar-refractivity contribution in [3.8, 4) is 28.2 Å². The van der Waals surface area contributed by atoms with E-state index in [4.69, 9.17) is 27.6 Å². The van der Waals surface area contributed by atoms with Crippen LogP contribution < -0.4 is 15.6 Å². The van der Waals surface area contributed by atoms with Gasteiger partial charge in [-0.15, -0.1) is 0 Å². The smallest absolute Gasteiger partial charge is 0.200 e. The predicted molar refractivity (Wildman–Crippen MR) is 198 cm³/mol. The van der Waals surface area contributed by atoms with E-state index in [1.165, 1.54) is 12.1 Å². The van der Waals surface area contributed by atoms with E-state index in [-0.39, 0.29) is 21.2 Å². The summed E-state index contributed by atoms with van der Waals surface area (Å²) in [5.41, 5.74) is 8.85. The highest BCUT2D eigenvalue weighted by atomic mass is 35.5. The number of aromatic hydroxyl groups is 1. The number of aromatic nitrogens is 2. The topological polar surface area (TPSA) is 91.5 Å². The quantitative estimate of drug-likeness (QED) is 0.146. The van der Waals surface area contributed by atoms with E-state index in [1.807, 2.05) is 86.0 Å². The summed E-state index contributed by atoms with van der Waals surface area (Å²) < 4.78 is 6.02. The highest BCUT2D eigenvalue weighted by Gasteiger charge is 2.22. The molecule has 3 heterocycles. The number of pyridine rings is 2. The summed E-state index contributed by atoms with van der Waals surface area (Å²) in [5.74, 6) is 0.242. The van der Waals surface area contributed by atoms with Gasteiger partial charge in [0.25, 0.3) is 0 Å². The molecule has 0 unspecified atom stereocenters. The molecule has 0 fully saturated rings. The molecule has 1 aliphatic heterocycles. The SMILES string of the molecule is C=C(Nc1ccc(N(Cc2ccccn2)Cc2ccccn2)cc1)c1ccc(-c2c3cc(Cl)c(=O)cc-3oc3cc(O)c(Cl)cc23)c(C)c1. The molecular weight excluding hydrogens is 655 g/mol. The third-order valence-corrected chi connectivity index (χ3v) is 8.97. The van der Waals surface area contributed by atoms with Gasteiger partial charge >= 0.3 is 0 Å². The molecule has 0 bridgehead atoms. The molecule has 5 aromatic rings. The van der Waals surface area contributed by atoms with Crippen molar-refractivity contribution in [2.24, 2.45) is 0 Å². The van der Waals surface area contributed by atoms with E-state index in [2.05, 4.69) is 38.9 Å². The van der Waals surface area contributed by atoms with Crippen LogP contribution >= 0.6 is 23.2 Å². The number of phenolic OH excluding ortho intramolecular Hbond substituents is 1. The Balaban J connectivity index is 1.16. The normalized spacial score (nSPS) is 11.2. The van der Waals surface area contributed by atoms with Crippen molar-refractivity contribution in [3.63, 3.8) is 0 Å². The van der Waals surface area contributed by atoms with Crippen molar-refractivity contribution in [2.75, 3.05) is 10.2 Å². The first-order valence-corrected chi connectivity index (χ1v) is 16.3. The Morgan fingerprint density at radius 3 is 2.16 bits per heavy atom. The zero-order chi connectivity index (χ0) is 34.1. The second kappa shape index (κ2) is 13.5. The minimum Gasteiger partial charge on any atom is -0.506 e. The molecular formula is C40H30Cl2N4O3. The van der Waals surface area contributed by atoms with Crippen LogP contribution in [0.2, 0.25) is 10.0 Å². The lowest BCUT2D eigenvalue weighted by atomic mass is 9.90. The summed E-state index contributed by atoms with van der Waals surface area (Å²) in [6.45, 7) is 7.61. The van der Waals surface area contributed by atoms with E-state index < -0.39 is 0 Å². The molecule has 7 rings (SSSR count). The number of hydrogen-bond donors (Lipinski definition) is 2. The van der Waals surface area contributed by atoms with Crippen LogP contribution in [0.15, 0.2) is 131 Å². The third kappa shape index (κ3) is 6.72. The molecule has 7 nitrogen and oxygen atoms in total. The second-order valence-corrected chi connectivity index (χ2v) is 12.5. The van der Waals surface area contributed by atoms with Gasteiger partial charge in [0.15, 0.2) is 0 Å². The van der Waals surface area contributed by atoms with E-state index in [1.54, 1.807) is 12.1 Å². The first kappa shape index (κ1) is 31.9. The molecule has 0 amide bonds. The number of anilines is 2. The van der Waals surface area contributed by atoms with Crippen LogP contribution in [0.25, 0.3) is 39.1 Å². The van der Waals surface area contributed by atoms with E-state index in [0.717, 1.165) is 50.7 Å². The van der Waals surface area contributed by atoms with Gasteiger partial charge < -0.3 is 19.7 Å². The fraction of sp³-hybridized carbons (Fsp3) is 0.0750. The van der Waals surface area contributed by atoms with Crippen molar-refractivity contribution in [3.05, 3.63) is 165 Å². The van der Waals surface area contributed by atoms with Crippen LogP contribution in [0, 0.1) is 6.92 Å². The number of fused-ring (bicyclic) bond motifs is 2.